The fourth-order valence-electron chi connectivity index (χ4n) is 2.68. The van der Waals surface area contributed by atoms with E-state index in [2.05, 4.69) is 10.2 Å². The molecule has 3 rings (SSSR count). The van der Waals surface area contributed by atoms with Crippen LogP contribution in [-0.4, -0.2) is 63.4 Å². The highest BCUT2D eigenvalue weighted by Gasteiger charge is 2.34. The van der Waals surface area contributed by atoms with E-state index in [9.17, 15) is 4.79 Å². The normalized spacial score (nSPS) is 31.5. The Hall–Kier alpha value is -0.650. The molecule has 0 spiro atoms. The molecule has 1 N–H and O–H groups in total. The van der Waals surface area contributed by atoms with Crippen molar-refractivity contribution in [2.75, 3.05) is 46.6 Å². The maximum absolute atomic E-state index is 11.7. The van der Waals surface area contributed by atoms with Crippen molar-refractivity contribution in [3.63, 3.8) is 0 Å². The van der Waals surface area contributed by atoms with Gasteiger partial charge in [-0.05, 0) is 31.8 Å². The van der Waals surface area contributed by atoms with Crippen molar-refractivity contribution in [3.8, 4) is 0 Å². The van der Waals surface area contributed by atoms with Crippen LogP contribution in [0.2, 0.25) is 0 Å². The summed E-state index contributed by atoms with van der Waals surface area (Å²) >= 11 is 0. The number of nitrogens with zero attached hydrogens (tertiary/aromatic N) is 1. The molecule has 17 heavy (non-hydrogen) atoms. The first-order valence-electron chi connectivity index (χ1n) is 6.38. The number of hydrogen-bond acceptors (Lipinski definition) is 4. The predicted octanol–water partition coefficient (Wildman–Crippen LogP) is -0.140. The highest BCUT2D eigenvalue weighted by atomic mass is 16.5. The number of fused-ring (bicyclic) bond motifs is 3. The molecule has 5 heteroatoms. The number of methoxy groups -OCH3 is 1. The topological polar surface area (TPSA) is 50.8 Å². The SMILES string of the molecule is COCCOCC(=O)NC1CN2CCC1CC2. The Kier molecular flexibility index (Phi) is 4.76. The third-order valence-corrected chi connectivity index (χ3v) is 3.67. The Morgan fingerprint density at radius 1 is 1.35 bits per heavy atom. The van der Waals surface area contributed by atoms with E-state index in [1.807, 2.05) is 0 Å². The fraction of sp³-hybridized carbons (Fsp3) is 0.917. The van der Waals surface area contributed by atoms with Gasteiger partial charge in [0.15, 0.2) is 0 Å². The number of rotatable bonds is 6. The highest BCUT2D eigenvalue weighted by Crippen LogP contribution is 2.27. The molecule has 2 bridgehead atoms. The molecule has 0 aromatic rings. The number of hydrogen-bond donors (Lipinski definition) is 1. The van der Waals surface area contributed by atoms with Crippen LogP contribution in [0.15, 0.2) is 0 Å². The van der Waals surface area contributed by atoms with Crippen LogP contribution in [0.3, 0.4) is 0 Å². The van der Waals surface area contributed by atoms with Crippen LogP contribution in [0.1, 0.15) is 12.8 Å². The van der Waals surface area contributed by atoms with Crippen LogP contribution >= 0.6 is 0 Å². The molecule has 3 fully saturated rings. The Balaban J connectivity index is 1.65. The van der Waals surface area contributed by atoms with E-state index in [0.29, 0.717) is 25.2 Å². The number of carbonyl (C=O) groups is 1. The van der Waals surface area contributed by atoms with Gasteiger partial charge in [0, 0.05) is 19.7 Å². The van der Waals surface area contributed by atoms with Gasteiger partial charge in [-0.25, -0.2) is 0 Å². The van der Waals surface area contributed by atoms with Gasteiger partial charge in [-0.3, -0.25) is 4.79 Å². The van der Waals surface area contributed by atoms with Crippen molar-refractivity contribution in [2.24, 2.45) is 5.92 Å². The van der Waals surface area contributed by atoms with E-state index in [0.717, 1.165) is 6.54 Å². The molecule has 0 radical (unpaired) electrons. The Bertz CT molecular complexity index is 252. The Labute approximate surface area is 102 Å². The van der Waals surface area contributed by atoms with E-state index in [1.54, 1.807) is 7.11 Å². The molecule has 3 heterocycles. The number of carbonyl (C=O) groups excluding carboxylic acids is 1. The maximum atomic E-state index is 11.7. The molecule has 5 nitrogen and oxygen atoms in total. The zero-order valence-electron chi connectivity index (χ0n) is 10.5. The van der Waals surface area contributed by atoms with Crippen molar-refractivity contribution in [1.29, 1.82) is 0 Å². The predicted molar refractivity (Wildman–Crippen MR) is 63.8 cm³/mol. The molecule has 3 saturated heterocycles. The lowest BCUT2D eigenvalue weighted by molar-refractivity contribution is -0.128. The number of nitrogens with one attached hydrogen (secondary N) is 1. The summed E-state index contributed by atoms with van der Waals surface area (Å²) in [6.45, 7) is 4.56. The van der Waals surface area contributed by atoms with Gasteiger partial charge in [0.2, 0.25) is 5.91 Å². The molecule has 98 valence electrons. The van der Waals surface area contributed by atoms with E-state index in [1.165, 1.54) is 25.9 Å². The van der Waals surface area contributed by atoms with Crippen molar-refractivity contribution in [1.82, 2.24) is 10.2 Å². The summed E-state index contributed by atoms with van der Waals surface area (Å²) in [6.07, 6.45) is 2.44. The molecule has 3 aliphatic rings. The summed E-state index contributed by atoms with van der Waals surface area (Å²) in [4.78, 5) is 14.1. The largest absolute Gasteiger partial charge is 0.382 e. The lowest BCUT2D eigenvalue weighted by Gasteiger charge is -2.44. The average Bonchev–Trinajstić information content (AvgIpc) is 2.36. The number of amides is 1. The van der Waals surface area contributed by atoms with Crippen molar-refractivity contribution >= 4 is 5.91 Å². The van der Waals surface area contributed by atoms with E-state index >= 15 is 0 Å². The summed E-state index contributed by atoms with van der Waals surface area (Å²) in [5.74, 6) is 0.669. The summed E-state index contributed by atoms with van der Waals surface area (Å²) in [7, 11) is 1.62. The molecule has 0 aromatic heterocycles. The quantitative estimate of drug-likeness (QED) is 0.659. The second-order valence-electron chi connectivity index (χ2n) is 4.86. The summed E-state index contributed by atoms with van der Waals surface area (Å²) < 4.78 is 10.1. The maximum Gasteiger partial charge on any atom is 0.246 e. The van der Waals surface area contributed by atoms with Gasteiger partial charge >= 0.3 is 0 Å². The smallest absolute Gasteiger partial charge is 0.246 e. The third-order valence-electron chi connectivity index (χ3n) is 3.67. The first-order chi connectivity index (χ1) is 8.29. The third kappa shape index (κ3) is 3.66. The van der Waals surface area contributed by atoms with Crippen molar-refractivity contribution in [3.05, 3.63) is 0 Å². The van der Waals surface area contributed by atoms with Gasteiger partial charge in [0.25, 0.3) is 0 Å². The minimum Gasteiger partial charge on any atom is -0.382 e. The molecule has 1 atom stereocenters. The first-order valence-corrected chi connectivity index (χ1v) is 6.38. The zero-order valence-corrected chi connectivity index (χ0v) is 10.5. The minimum atomic E-state index is -0.000136. The first kappa shape index (κ1) is 12.8. The molecule has 1 unspecified atom stereocenters. The Morgan fingerprint density at radius 2 is 2.12 bits per heavy atom. The summed E-state index contributed by atoms with van der Waals surface area (Å²) in [6, 6.07) is 0.330. The van der Waals surface area contributed by atoms with Gasteiger partial charge in [-0.2, -0.15) is 0 Å². The van der Waals surface area contributed by atoms with Crippen molar-refractivity contribution < 1.29 is 14.3 Å². The van der Waals surface area contributed by atoms with Crippen LogP contribution in [0.25, 0.3) is 0 Å². The second-order valence-corrected chi connectivity index (χ2v) is 4.86. The zero-order chi connectivity index (χ0) is 12.1. The second kappa shape index (κ2) is 6.33. The molecule has 3 aliphatic heterocycles. The number of piperidine rings is 3. The van der Waals surface area contributed by atoms with Crippen LogP contribution in [0.5, 0.6) is 0 Å². The Morgan fingerprint density at radius 3 is 2.71 bits per heavy atom. The van der Waals surface area contributed by atoms with Gasteiger partial charge in [-0.15, -0.1) is 0 Å². The van der Waals surface area contributed by atoms with Gasteiger partial charge < -0.3 is 19.7 Å². The van der Waals surface area contributed by atoms with Crippen LogP contribution in [-0.2, 0) is 14.3 Å². The molecule has 0 aromatic carbocycles. The molecule has 0 saturated carbocycles. The molecular weight excluding hydrogens is 220 g/mol. The van der Waals surface area contributed by atoms with Gasteiger partial charge in [0.05, 0.1) is 13.2 Å². The fourth-order valence-corrected chi connectivity index (χ4v) is 2.68. The molecule has 0 aliphatic carbocycles. The molecule has 1 amide bonds. The lowest BCUT2D eigenvalue weighted by atomic mass is 9.84. The van der Waals surface area contributed by atoms with Crippen LogP contribution < -0.4 is 5.32 Å². The van der Waals surface area contributed by atoms with E-state index in [-0.39, 0.29) is 12.5 Å². The van der Waals surface area contributed by atoms with Gasteiger partial charge in [-0.1, -0.05) is 0 Å². The highest BCUT2D eigenvalue weighted by molar-refractivity contribution is 5.77. The van der Waals surface area contributed by atoms with E-state index < -0.39 is 0 Å². The summed E-state index contributed by atoms with van der Waals surface area (Å²) in [5.41, 5.74) is 0. The van der Waals surface area contributed by atoms with E-state index in [4.69, 9.17) is 9.47 Å². The van der Waals surface area contributed by atoms with Crippen molar-refractivity contribution in [2.45, 2.75) is 18.9 Å². The monoisotopic (exact) mass is 242 g/mol. The molecular formula is C12H22N2O3. The lowest BCUT2D eigenvalue weighted by Crippen LogP contribution is -2.57. The van der Waals surface area contributed by atoms with Gasteiger partial charge in [0.1, 0.15) is 6.61 Å². The van der Waals surface area contributed by atoms with Crippen LogP contribution in [0.4, 0.5) is 0 Å². The summed E-state index contributed by atoms with van der Waals surface area (Å²) in [5, 5.41) is 3.08. The number of ether oxygens (including phenoxy) is 2. The standard InChI is InChI=1S/C12H22N2O3/c1-16-6-7-17-9-12(15)13-11-8-14-4-2-10(11)3-5-14/h10-11H,2-9H2,1H3,(H,13,15). The average molecular weight is 242 g/mol. The van der Waals surface area contributed by atoms with Crippen LogP contribution in [0, 0.1) is 5.92 Å². The minimum absolute atomic E-state index is 0.000136.